The third-order valence-corrected chi connectivity index (χ3v) is 4.42. The SMILES string of the molecule is NS(=O)(=O)c1ccc(F)c(-c2cccc3cccnc23)c1[N+](=O)[O-]. The van der Waals surface area contributed by atoms with Crippen molar-refractivity contribution in [2.24, 2.45) is 5.14 Å². The number of nitro groups is 1. The zero-order valence-electron chi connectivity index (χ0n) is 12.0. The van der Waals surface area contributed by atoms with E-state index in [-0.39, 0.29) is 5.56 Å². The summed E-state index contributed by atoms with van der Waals surface area (Å²) in [5, 5.41) is 17.1. The third-order valence-electron chi connectivity index (χ3n) is 3.48. The molecule has 0 radical (unpaired) electrons. The quantitative estimate of drug-likeness (QED) is 0.577. The predicted octanol–water partition coefficient (Wildman–Crippen LogP) is 2.60. The van der Waals surface area contributed by atoms with Crippen LogP contribution in [0, 0.1) is 15.9 Å². The molecule has 3 aromatic rings. The van der Waals surface area contributed by atoms with Crippen molar-refractivity contribution in [1.82, 2.24) is 4.98 Å². The number of aromatic nitrogens is 1. The number of nitro benzene ring substituents is 1. The number of halogens is 1. The van der Waals surface area contributed by atoms with Gasteiger partial charge in [0.1, 0.15) is 5.82 Å². The molecule has 1 aromatic heterocycles. The summed E-state index contributed by atoms with van der Waals surface area (Å²) in [6.07, 6.45) is 1.46. The molecule has 0 saturated carbocycles. The van der Waals surface area contributed by atoms with Crippen molar-refractivity contribution < 1.29 is 17.7 Å². The van der Waals surface area contributed by atoms with Crippen molar-refractivity contribution in [2.45, 2.75) is 4.90 Å². The molecule has 3 rings (SSSR count). The van der Waals surface area contributed by atoms with Gasteiger partial charge in [0.25, 0.3) is 5.69 Å². The Morgan fingerprint density at radius 3 is 2.50 bits per heavy atom. The molecule has 0 saturated heterocycles. The lowest BCUT2D eigenvalue weighted by Crippen LogP contribution is -2.15. The maximum absolute atomic E-state index is 14.4. The molecule has 0 atom stereocenters. The van der Waals surface area contributed by atoms with Gasteiger partial charge < -0.3 is 0 Å². The molecule has 2 aromatic carbocycles. The van der Waals surface area contributed by atoms with Gasteiger partial charge in [-0.3, -0.25) is 15.1 Å². The van der Waals surface area contributed by atoms with Crippen molar-refractivity contribution in [1.29, 1.82) is 0 Å². The Morgan fingerprint density at radius 1 is 1.12 bits per heavy atom. The zero-order valence-corrected chi connectivity index (χ0v) is 12.8. The smallest absolute Gasteiger partial charge is 0.258 e. The first kappa shape index (κ1) is 16.0. The molecule has 1 heterocycles. The maximum Gasteiger partial charge on any atom is 0.300 e. The third kappa shape index (κ3) is 2.59. The molecule has 24 heavy (non-hydrogen) atoms. The van der Waals surface area contributed by atoms with Gasteiger partial charge in [-0.1, -0.05) is 24.3 Å². The predicted molar refractivity (Wildman–Crippen MR) is 85.2 cm³/mol. The highest BCUT2D eigenvalue weighted by Gasteiger charge is 2.31. The minimum atomic E-state index is -4.41. The van der Waals surface area contributed by atoms with Crippen LogP contribution in [0.25, 0.3) is 22.0 Å². The molecular weight excluding hydrogens is 337 g/mol. The zero-order chi connectivity index (χ0) is 17.5. The lowest BCUT2D eigenvalue weighted by atomic mass is 10.00. The number of fused-ring (bicyclic) bond motifs is 1. The van der Waals surface area contributed by atoms with E-state index in [0.717, 1.165) is 12.1 Å². The van der Waals surface area contributed by atoms with Crippen molar-refractivity contribution in [3.05, 3.63) is 64.6 Å². The van der Waals surface area contributed by atoms with E-state index in [1.165, 1.54) is 12.3 Å². The van der Waals surface area contributed by atoms with Crippen LogP contribution in [0.2, 0.25) is 0 Å². The van der Waals surface area contributed by atoms with Crippen LogP contribution in [0.5, 0.6) is 0 Å². The number of hydrogen-bond donors (Lipinski definition) is 1. The fourth-order valence-corrected chi connectivity index (χ4v) is 3.22. The summed E-state index contributed by atoms with van der Waals surface area (Å²) in [6, 6.07) is 9.71. The number of para-hydroxylation sites is 1. The normalized spacial score (nSPS) is 11.6. The number of benzene rings is 2. The standard InChI is InChI=1S/C15H10FN3O4S/c16-11-6-7-12(24(17,22)23)15(19(20)21)13(11)10-5-1-3-9-4-2-8-18-14(9)10/h1-8H,(H2,17,22,23). The van der Waals surface area contributed by atoms with E-state index in [4.69, 9.17) is 5.14 Å². The molecule has 122 valence electrons. The van der Waals surface area contributed by atoms with Gasteiger partial charge in [0.15, 0.2) is 4.90 Å². The Kier molecular flexibility index (Phi) is 3.74. The summed E-state index contributed by atoms with van der Waals surface area (Å²) in [4.78, 5) is 13.9. The van der Waals surface area contributed by atoms with E-state index in [0.29, 0.717) is 10.9 Å². The van der Waals surface area contributed by atoms with Gasteiger partial charge in [-0.25, -0.2) is 17.9 Å². The first-order valence-electron chi connectivity index (χ1n) is 6.64. The molecular formula is C15H10FN3O4S. The van der Waals surface area contributed by atoms with Gasteiger partial charge in [0.05, 0.1) is 16.0 Å². The summed E-state index contributed by atoms with van der Waals surface area (Å²) >= 11 is 0. The molecule has 0 aliphatic rings. The summed E-state index contributed by atoms with van der Waals surface area (Å²) < 4.78 is 37.7. The van der Waals surface area contributed by atoms with Crippen LogP contribution < -0.4 is 5.14 Å². The molecule has 0 spiro atoms. The number of pyridine rings is 1. The largest absolute Gasteiger partial charge is 0.300 e. The summed E-state index contributed by atoms with van der Waals surface area (Å²) in [5.41, 5.74) is -0.942. The van der Waals surface area contributed by atoms with Crippen molar-refractivity contribution in [3.63, 3.8) is 0 Å². The van der Waals surface area contributed by atoms with Crippen LogP contribution in [0.15, 0.2) is 53.6 Å². The molecule has 0 bridgehead atoms. The first-order chi connectivity index (χ1) is 11.3. The van der Waals surface area contributed by atoms with E-state index in [1.54, 1.807) is 24.3 Å². The van der Waals surface area contributed by atoms with Crippen LogP contribution in [-0.4, -0.2) is 18.3 Å². The molecule has 0 aliphatic heterocycles. The first-order valence-corrected chi connectivity index (χ1v) is 8.19. The van der Waals surface area contributed by atoms with E-state index < -0.39 is 36.9 Å². The molecule has 0 fully saturated rings. The molecule has 0 amide bonds. The Labute approximate surface area is 135 Å². The Morgan fingerprint density at radius 2 is 1.83 bits per heavy atom. The average Bonchev–Trinajstić information content (AvgIpc) is 2.53. The van der Waals surface area contributed by atoms with Gasteiger partial charge >= 0.3 is 0 Å². The van der Waals surface area contributed by atoms with Crippen LogP contribution in [0.3, 0.4) is 0 Å². The Hall–Kier alpha value is -2.91. The molecule has 9 heteroatoms. The molecule has 0 unspecified atom stereocenters. The number of sulfonamides is 1. The fourth-order valence-electron chi connectivity index (χ4n) is 2.52. The lowest BCUT2D eigenvalue weighted by molar-refractivity contribution is -0.387. The highest BCUT2D eigenvalue weighted by atomic mass is 32.2. The minimum Gasteiger partial charge on any atom is -0.258 e. The monoisotopic (exact) mass is 347 g/mol. The second kappa shape index (κ2) is 5.62. The van der Waals surface area contributed by atoms with Gasteiger partial charge in [-0.05, 0) is 18.2 Å². The van der Waals surface area contributed by atoms with E-state index in [1.807, 2.05) is 0 Å². The summed E-state index contributed by atoms with van der Waals surface area (Å²) in [7, 11) is -4.41. The van der Waals surface area contributed by atoms with Gasteiger partial charge in [0.2, 0.25) is 10.0 Å². The minimum absolute atomic E-state index is 0.114. The molecule has 2 N–H and O–H groups in total. The van der Waals surface area contributed by atoms with Crippen molar-refractivity contribution >= 4 is 26.6 Å². The lowest BCUT2D eigenvalue weighted by Gasteiger charge is -2.10. The second-order valence-corrected chi connectivity index (χ2v) is 6.48. The van der Waals surface area contributed by atoms with Crippen molar-refractivity contribution in [3.8, 4) is 11.1 Å². The second-order valence-electron chi connectivity index (χ2n) is 4.95. The van der Waals surface area contributed by atoms with Gasteiger partial charge in [-0.2, -0.15) is 0 Å². The van der Waals surface area contributed by atoms with Crippen molar-refractivity contribution in [2.75, 3.05) is 0 Å². The van der Waals surface area contributed by atoms with E-state index >= 15 is 0 Å². The fraction of sp³-hybridized carbons (Fsp3) is 0. The highest BCUT2D eigenvalue weighted by Crippen LogP contribution is 2.39. The molecule has 0 aliphatic carbocycles. The maximum atomic E-state index is 14.4. The number of nitrogens with zero attached hydrogens (tertiary/aromatic N) is 2. The van der Waals surface area contributed by atoms with Crippen LogP contribution >= 0.6 is 0 Å². The van der Waals surface area contributed by atoms with E-state index in [2.05, 4.69) is 4.98 Å². The van der Waals surface area contributed by atoms with Crippen LogP contribution in [0.1, 0.15) is 0 Å². The molecule has 7 nitrogen and oxygen atoms in total. The van der Waals surface area contributed by atoms with Gasteiger partial charge in [0, 0.05) is 17.1 Å². The summed E-state index contributed by atoms with van der Waals surface area (Å²) in [6.45, 7) is 0. The average molecular weight is 347 g/mol. The van der Waals surface area contributed by atoms with E-state index in [9.17, 15) is 22.9 Å². The van der Waals surface area contributed by atoms with Gasteiger partial charge in [-0.15, -0.1) is 0 Å². The number of nitrogens with two attached hydrogens (primary N) is 1. The summed E-state index contributed by atoms with van der Waals surface area (Å²) in [5.74, 6) is -0.938. The Bertz CT molecular complexity index is 1080. The highest BCUT2D eigenvalue weighted by molar-refractivity contribution is 7.89. The van der Waals surface area contributed by atoms with Crippen LogP contribution in [0.4, 0.5) is 10.1 Å². The number of primary sulfonamides is 1. The number of rotatable bonds is 3. The Balaban J connectivity index is 2.50. The van der Waals surface area contributed by atoms with Crippen LogP contribution in [-0.2, 0) is 10.0 Å². The number of hydrogen-bond acceptors (Lipinski definition) is 5. The topological polar surface area (TPSA) is 116 Å².